The van der Waals surface area contributed by atoms with Crippen molar-refractivity contribution in [3.8, 4) is 67.1 Å². The van der Waals surface area contributed by atoms with Gasteiger partial charge in [0.25, 0.3) is 0 Å². The van der Waals surface area contributed by atoms with E-state index >= 15 is 17.6 Å². The van der Waals surface area contributed by atoms with E-state index in [2.05, 4.69) is 53.5 Å². The molecule has 1 aliphatic heterocycles. The summed E-state index contributed by atoms with van der Waals surface area (Å²) < 4.78 is 88.5. The average Bonchev–Trinajstić information content (AvgIpc) is 4.05. The molecule has 0 saturated carbocycles. The fraction of sp³-hybridized carbons (Fsp3) is 0.0351. The molecule has 0 unspecified atom stereocenters. The van der Waals surface area contributed by atoms with E-state index in [0.29, 0.717) is 33.8 Å². The summed E-state index contributed by atoms with van der Waals surface area (Å²) in [5.74, 6) is -9.13. The normalized spacial score (nSPS) is 11.5. The Labute approximate surface area is 376 Å². The van der Waals surface area contributed by atoms with Crippen LogP contribution in [-0.2, 0) is 0 Å². The van der Waals surface area contributed by atoms with Gasteiger partial charge in [0.05, 0.1) is 31.2 Å². The molecule has 2 aromatic heterocycles. The quantitative estimate of drug-likeness (QED) is 0.0986. The molecule has 8 bridgehead atoms. The maximum Gasteiger partial charge on any atom is 0.200 e. The van der Waals surface area contributed by atoms with Crippen molar-refractivity contribution < 1.29 is 31.4 Å². The van der Waals surface area contributed by atoms with Crippen LogP contribution in [0.1, 0.15) is 11.4 Å². The third kappa shape index (κ3) is 7.44. The van der Waals surface area contributed by atoms with Gasteiger partial charge in [-0.25, -0.2) is 26.9 Å². The molecule has 322 valence electrons. The van der Waals surface area contributed by atoms with Gasteiger partial charge in [-0.1, -0.05) is 121 Å². The number of nitrogens with one attached hydrogen (secondary N) is 1. The molecule has 10 rings (SSSR count). The zero-order chi connectivity index (χ0) is 45.5. The Hall–Kier alpha value is -8.30. The number of aromatic nitrogens is 2. The van der Waals surface area contributed by atoms with Gasteiger partial charge in [-0.2, -0.15) is 0 Å². The largest absolute Gasteiger partial charge is 0.497 e. The zero-order valence-electron chi connectivity index (χ0n) is 35.5. The molecular formula is C57H37F5N2O2. The summed E-state index contributed by atoms with van der Waals surface area (Å²) in [6, 6.07) is 54.7. The van der Waals surface area contributed by atoms with Gasteiger partial charge in [0.1, 0.15) is 11.5 Å². The maximum absolute atomic E-state index is 16.2. The monoisotopic (exact) mass is 876 g/mol. The maximum atomic E-state index is 16.2. The molecule has 0 aliphatic carbocycles. The average molecular weight is 877 g/mol. The van der Waals surface area contributed by atoms with Crippen molar-refractivity contribution in [1.29, 1.82) is 0 Å². The second-order valence-corrected chi connectivity index (χ2v) is 15.7. The SMILES string of the molecule is COc1ccc(-c2c3nc(c(-c4c(F)c(F)c(F)c(F)c4F)c4ccc([nH]4)c(-c4ccc(OC)cc4)c4cccc(c4)c(-c4ccccc4)c(-c4ccccc4)c4cccc2c4)C=C3)cc1. The first-order valence-electron chi connectivity index (χ1n) is 21.0. The van der Waals surface area contributed by atoms with Crippen LogP contribution in [0.4, 0.5) is 22.0 Å². The van der Waals surface area contributed by atoms with Gasteiger partial charge in [-0.15, -0.1) is 0 Å². The highest BCUT2D eigenvalue weighted by atomic mass is 19.2. The van der Waals surface area contributed by atoms with Gasteiger partial charge >= 0.3 is 0 Å². The van der Waals surface area contributed by atoms with Crippen LogP contribution in [0, 0.1) is 29.1 Å². The number of methoxy groups -OCH3 is 2. The van der Waals surface area contributed by atoms with Crippen LogP contribution in [0.15, 0.2) is 170 Å². The van der Waals surface area contributed by atoms with E-state index in [1.54, 1.807) is 32.4 Å². The number of fused-ring (bicyclic) bond motifs is 8. The summed E-state index contributed by atoms with van der Waals surface area (Å²) in [6.45, 7) is 0. The summed E-state index contributed by atoms with van der Waals surface area (Å²) in [5, 5.41) is 3.29. The van der Waals surface area contributed by atoms with Gasteiger partial charge in [-0.3, -0.25) is 0 Å². The van der Waals surface area contributed by atoms with Crippen molar-refractivity contribution in [3.63, 3.8) is 0 Å². The van der Waals surface area contributed by atoms with Crippen molar-refractivity contribution in [2.75, 3.05) is 14.2 Å². The van der Waals surface area contributed by atoms with Crippen molar-refractivity contribution >= 4 is 44.7 Å². The lowest BCUT2D eigenvalue weighted by Crippen LogP contribution is -2.05. The van der Waals surface area contributed by atoms with Gasteiger partial charge in [0.15, 0.2) is 23.3 Å². The predicted molar refractivity (Wildman–Crippen MR) is 255 cm³/mol. The number of rotatable bonds is 7. The first-order valence-corrected chi connectivity index (χ1v) is 21.0. The minimum Gasteiger partial charge on any atom is -0.497 e. The summed E-state index contributed by atoms with van der Waals surface area (Å²) in [4.78, 5) is 8.33. The van der Waals surface area contributed by atoms with Crippen molar-refractivity contribution in [2.45, 2.75) is 0 Å². The van der Waals surface area contributed by atoms with Crippen molar-refractivity contribution in [3.05, 3.63) is 210 Å². The van der Waals surface area contributed by atoms with Crippen LogP contribution in [0.25, 0.3) is 100 Å². The van der Waals surface area contributed by atoms with E-state index in [1.807, 2.05) is 109 Å². The molecule has 4 nitrogen and oxygen atoms in total. The van der Waals surface area contributed by atoms with Gasteiger partial charge < -0.3 is 14.5 Å². The first-order chi connectivity index (χ1) is 32.2. The molecule has 7 aromatic carbocycles. The fourth-order valence-electron chi connectivity index (χ4n) is 8.79. The van der Waals surface area contributed by atoms with Crippen LogP contribution in [-0.4, -0.2) is 24.2 Å². The zero-order valence-corrected chi connectivity index (χ0v) is 35.5. The molecule has 0 radical (unpaired) electrons. The van der Waals surface area contributed by atoms with Gasteiger partial charge in [0.2, 0.25) is 5.82 Å². The van der Waals surface area contributed by atoms with E-state index < -0.39 is 34.6 Å². The van der Waals surface area contributed by atoms with E-state index in [1.165, 1.54) is 6.08 Å². The van der Waals surface area contributed by atoms with Crippen LogP contribution in [0.3, 0.4) is 0 Å². The number of aromatic amines is 1. The van der Waals surface area contributed by atoms with E-state index in [-0.39, 0.29) is 16.8 Å². The lowest BCUT2D eigenvalue weighted by molar-refractivity contribution is 0.381. The molecule has 9 heteroatoms. The lowest BCUT2D eigenvalue weighted by atomic mass is 9.89. The van der Waals surface area contributed by atoms with Crippen molar-refractivity contribution in [2.24, 2.45) is 0 Å². The highest BCUT2D eigenvalue weighted by molar-refractivity contribution is 6.06. The summed E-state index contributed by atoms with van der Waals surface area (Å²) in [5.41, 5.74) is 6.12. The molecule has 9 aromatic rings. The molecule has 1 N–H and O–H groups in total. The van der Waals surface area contributed by atoms with Crippen LogP contribution in [0.2, 0.25) is 0 Å². The number of H-pyrrole nitrogens is 1. The molecule has 0 fully saturated rings. The predicted octanol–water partition coefficient (Wildman–Crippen LogP) is 15.6. The molecule has 3 heterocycles. The number of hydrogen-bond donors (Lipinski definition) is 1. The van der Waals surface area contributed by atoms with Crippen molar-refractivity contribution in [1.82, 2.24) is 9.97 Å². The number of hydrogen-bond acceptors (Lipinski definition) is 3. The second-order valence-electron chi connectivity index (χ2n) is 15.7. The standard InChI is InChI=1S/C57H37F5N2O2/c1-65-41-23-19-35(20-24-41)47-37-15-9-17-39(31-37)49(33-11-5-3-6-12-33)50(34-13-7-4-8-14-34)40-18-10-16-38(32-40)48(36-21-25-42(66-2)26-22-36)44-28-30-46(64-44)51(45-29-27-43(47)63-45)52-53(58)55(60)57(62)56(61)54(52)59/h3-32,63H,1-2H3. The van der Waals surface area contributed by atoms with E-state index in [9.17, 15) is 4.39 Å². The molecule has 1 aliphatic rings. The molecule has 0 atom stereocenters. The Morgan fingerprint density at radius 1 is 0.348 bits per heavy atom. The highest BCUT2D eigenvalue weighted by Crippen LogP contribution is 2.43. The highest BCUT2D eigenvalue weighted by Gasteiger charge is 2.29. The molecule has 0 amide bonds. The van der Waals surface area contributed by atoms with Crippen LogP contribution < -0.4 is 9.47 Å². The third-order valence-corrected chi connectivity index (χ3v) is 11.8. The van der Waals surface area contributed by atoms with E-state index in [4.69, 9.17) is 14.5 Å². The molecular weight excluding hydrogens is 840 g/mol. The lowest BCUT2D eigenvalue weighted by Gasteiger charge is -2.14. The Bertz CT molecular complexity index is 3510. The first kappa shape index (κ1) is 41.7. The molecule has 0 spiro atoms. The number of ether oxygens (including phenoxy) is 2. The topological polar surface area (TPSA) is 47.1 Å². The number of halogens is 5. The minimum atomic E-state index is -2.26. The summed E-state index contributed by atoms with van der Waals surface area (Å²) in [6.07, 6.45) is 3.21. The summed E-state index contributed by atoms with van der Waals surface area (Å²) >= 11 is 0. The Balaban J connectivity index is 1.48. The Morgan fingerprint density at radius 3 is 1.20 bits per heavy atom. The van der Waals surface area contributed by atoms with E-state index in [0.717, 1.165) is 54.9 Å². The number of benzene rings is 7. The number of nitrogens with zero attached hydrogens (tertiary/aromatic N) is 1. The second kappa shape index (κ2) is 17.3. The molecule has 0 saturated heterocycles. The van der Waals surface area contributed by atoms with Crippen LogP contribution >= 0.6 is 0 Å². The summed E-state index contributed by atoms with van der Waals surface area (Å²) in [7, 11) is 3.15. The van der Waals surface area contributed by atoms with Crippen LogP contribution in [0.5, 0.6) is 11.5 Å². The Kier molecular flexibility index (Phi) is 11.0. The minimum absolute atomic E-state index is 0.0303. The fourth-order valence-corrected chi connectivity index (χ4v) is 8.79. The third-order valence-electron chi connectivity index (χ3n) is 11.8. The van der Waals surface area contributed by atoms with Gasteiger partial charge in [0, 0.05) is 27.7 Å². The Morgan fingerprint density at radius 2 is 0.727 bits per heavy atom. The smallest absolute Gasteiger partial charge is 0.200 e. The molecule has 66 heavy (non-hydrogen) atoms. The van der Waals surface area contributed by atoms with Gasteiger partial charge in [-0.05, 0) is 116 Å².